The molecule has 0 bridgehead atoms. The second kappa shape index (κ2) is 11.0. The molecule has 1 saturated heterocycles. The van der Waals surface area contributed by atoms with Crippen molar-refractivity contribution >= 4 is 29.9 Å². The maximum absolute atomic E-state index is 4.49. The van der Waals surface area contributed by atoms with E-state index >= 15 is 0 Å². The quantitative estimate of drug-likeness (QED) is 0.385. The van der Waals surface area contributed by atoms with E-state index in [4.69, 9.17) is 0 Å². The summed E-state index contributed by atoms with van der Waals surface area (Å²) in [6.45, 7) is 15.0. The SMILES string of the molecule is CCN(CC)C1CCN(C(=NC)NCc2nccn2CC(C)C)C1.I. The third-order valence-electron chi connectivity index (χ3n) is 4.77. The minimum Gasteiger partial charge on any atom is -0.349 e. The number of aromatic nitrogens is 2. The van der Waals surface area contributed by atoms with Crippen LogP contribution in [0.2, 0.25) is 0 Å². The van der Waals surface area contributed by atoms with Gasteiger partial charge in [-0.2, -0.15) is 0 Å². The van der Waals surface area contributed by atoms with Crippen molar-refractivity contribution in [2.45, 2.75) is 53.2 Å². The molecule has 1 fully saturated rings. The number of aliphatic imine (C=N–C) groups is 1. The lowest BCUT2D eigenvalue weighted by Crippen LogP contribution is -2.43. The summed E-state index contributed by atoms with van der Waals surface area (Å²) >= 11 is 0. The number of rotatable bonds is 7. The van der Waals surface area contributed by atoms with Crippen LogP contribution >= 0.6 is 24.0 Å². The molecular weight excluding hydrogens is 427 g/mol. The number of likely N-dealkylation sites (N-methyl/N-ethyl adjacent to an activating group) is 1. The number of likely N-dealkylation sites (tertiary alicyclic amines) is 1. The molecule has 2 heterocycles. The maximum Gasteiger partial charge on any atom is 0.194 e. The molecule has 144 valence electrons. The number of hydrogen-bond acceptors (Lipinski definition) is 3. The van der Waals surface area contributed by atoms with Gasteiger partial charge in [0.2, 0.25) is 0 Å². The molecule has 25 heavy (non-hydrogen) atoms. The number of nitrogens with one attached hydrogen (secondary N) is 1. The molecule has 7 heteroatoms. The van der Waals surface area contributed by atoms with Gasteiger partial charge in [-0.3, -0.25) is 9.89 Å². The maximum atomic E-state index is 4.49. The van der Waals surface area contributed by atoms with Gasteiger partial charge in [0.05, 0.1) is 6.54 Å². The lowest BCUT2D eigenvalue weighted by atomic mass is 10.2. The smallest absolute Gasteiger partial charge is 0.194 e. The Kier molecular flexibility index (Phi) is 9.78. The molecule has 0 aromatic carbocycles. The van der Waals surface area contributed by atoms with Crippen molar-refractivity contribution in [2.24, 2.45) is 10.9 Å². The van der Waals surface area contributed by atoms with Crippen LogP contribution in [0.25, 0.3) is 0 Å². The molecule has 0 amide bonds. The summed E-state index contributed by atoms with van der Waals surface area (Å²) in [5.74, 6) is 2.68. The van der Waals surface area contributed by atoms with Gasteiger partial charge >= 0.3 is 0 Å². The van der Waals surface area contributed by atoms with E-state index in [0.29, 0.717) is 12.0 Å². The van der Waals surface area contributed by atoms with Gasteiger partial charge in [-0.1, -0.05) is 27.7 Å². The van der Waals surface area contributed by atoms with Crippen LogP contribution in [0.5, 0.6) is 0 Å². The Hall–Kier alpha value is -0.830. The van der Waals surface area contributed by atoms with E-state index < -0.39 is 0 Å². The second-order valence-electron chi connectivity index (χ2n) is 6.90. The summed E-state index contributed by atoms with van der Waals surface area (Å²) in [4.78, 5) is 13.9. The standard InChI is InChI=1S/C18H34N6.HI/c1-6-22(7-2)16-8-10-24(14-16)18(19-5)21-12-17-20-9-11-23(17)13-15(3)4;/h9,11,15-16H,6-8,10,12-14H2,1-5H3,(H,19,21);1H. The first-order valence-corrected chi connectivity index (χ1v) is 9.28. The predicted molar refractivity (Wildman–Crippen MR) is 116 cm³/mol. The van der Waals surface area contributed by atoms with E-state index in [-0.39, 0.29) is 24.0 Å². The van der Waals surface area contributed by atoms with Crippen molar-refractivity contribution in [1.82, 2.24) is 24.7 Å². The topological polar surface area (TPSA) is 48.7 Å². The molecule has 0 aliphatic carbocycles. The summed E-state index contributed by atoms with van der Waals surface area (Å²) in [6.07, 6.45) is 5.16. The molecule has 6 nitrogen and oxygen atoms in total. The van der Waals surface area contributed by atoms with Crippen LogP contribution in [-0.4, -0.2) is 64.6 Å². The number of imidazole rings is 1. The summed E-state index contributed by atoms with van der Waals surface area (Å²) in [6, 6.07) is 0.640. The van der Waals surface area contributed by atoms with Crippen LogP contribution in [0.3, 0.4) is 0 Å². The van der Waals surface area contributed by atoms with Crippen LogP contribution in [-0.2, 0) is 13.1 Å². The first kappa shape index (κ1) is 22.2. The molecule has 1 aromatic heterocycles. The average Bonchev–Trinajstić information content (AvgIpc) is 3.19. The highest BCUT2D eigenvalue weighted by molar-refractivity contribution is 14.0. The third kappa shape index (κ3) is 6.13. The van der Waals surface area contributed by atoms with E-state index in [1.807, 2.05) is 13.2 Å². The fraction of sp³-hybridized carbons (Fsp3) is 0.778. The molecule has 1 aliphatic heterocycles. The minimum atomic E-state index is 0. The highest BCUT2D eigenvalue weighted by atomic mass is 127. The van der Waals surface area contributed by atoms with Gasteiger partial charge in [-0.05, 0) is 25.4 Å². The van der Waals surface area contributed by atoms with Crippen LogP contribution < -0.4 is 5.32 Å². The van der Waals surface area contributed by atoms with Crippen LogP contribution in [0.1, 0.15) is 39.9 Å². The van der Waals surface area contributed by atoms with Gasteiger partial charge in [0.25, 0.3) is 0 Å². The average molecular weight is 462 g/mol. The summed E-state index contributed by atoms with van der Waals surface area (Å²) < 4.78 is 2.23. The Labute approximate surface area is 170 Å². The molecule has 0 radical (unpaired) electrons. The highest BCUT2D eigenvalue weighted by Crippen LogP contribution is 2.15. The molecule has 1 aliphatic rings. The van der Waals surface area contributed by atoms with Crippen molar-refractivity contribution in [3.63, 3.8) is 0 Å². The fourth-order valence-electron chi connectivity index (χ4n) is 3.53. The van der Waals surface area contributed by atoms with E-state index in [0.717, 1.165) is 51.1 Å². The van der Waals surface area contributed by atoms with Crippen LogP contribution in [0.15, 0.2) is 17.4 Å². The van der Waals surface area contributed by atoms with Crippen molar-refractivity contribution in [1.29, 1.82) is 0 Å². The monoisotopic (exact) mass is 462 g/mol. The van der Waals surface area contributed by atoms with Gasteiger partial charge < -0.3 is 14.8 Å². The second-order valence-corrected chi connectivity index (χ2v) is 6.90. The summed E-state index contributed by atoms with van der Waals surface area (Å²) in [5.41, 5.74) is 0. The molecule has 0 spiro atoms. The van der Waals surface area contributed by atoms with Gasteiger partial charge in [0.1, 0.15) is 5.82 Å². The summed E-state index contributed by atoms with van der Waals surface area (Å²) in [7, 11) is 1.87. The lowest BCUT2D eigenvalue weighted by Gasteiger charge is -2.27. The predicted octanol–water partition coefficient (Wildman–Crippen LogP) is 2.65. The molecular formula is C18H35IN6. The number of nitrogens with zero attached hydrogens (tertiary/aromatic N) is 5. The zero-order valence-corrected chi connectivity index (χ0v) is 18.7. The van der Waals surface area contributed by atoms with Crippen molar-refractivity contribution in [2.75, 3.05) is 33.2 Å². The van der Waals surface area contributed by atoms with E-state index in [1.54, 1.807) is 0 Å². The number of hydrogen-bond donors (Lipinski definition) is 1. The normalized spacial score (nSPS) is 18.1. The lowest BCUT2D eigenvalue weighted by molar-refractivity contribution is 0.223. The molecule has 1 unspecified atom stereocenters. The number of halogens is 1. The molecule has 0 saturated carbocycles. The third-order valence-corrected chi connectivity index (χ3v) is 4.77. The molecule has 2 rings (SSSR count). The highest BCUT2D eigenvalue weighted by Gasteiger charge is 2.28. The van der Waals surface area contributed by atoms with Crippen molar-refractivity contribution < 1.29 is 0 Å². The Balaban J connectivity index is 0.00000312. The Bertz CT molecular complexity index is 523. The van der Waals surface area contributed by atoms with Crippen LogP contribution in [0, 0.1) is 5.92 Å². The van der Waals surface area contributed by atoms with E-state index in [1.165, 1.54) is 6.42 Å². The molecule has 1 aromatic rings. The molecule has 1 N–H and O–H groups in total. The van der Waals surface area contributed by atoms with Crippen molar-refractivity contribution in [3.05, 3.63) is 18.2 Å². The van der Waals surface area contributed by atoms with E-state index in [9.17, 15) is 0 Å². The fourth-order valence-corrected chi connectivity index (χ4v) is 3.53. The van der Waals surface area contributed by atoms with Gasteiger partial charge in [0, 0.05) is 45.1 Å². The first-order chi connectivity index (χ1) is 11.6. The zero-order chi connectivity index (χ0) is 17.5. The van der Waals surface area contributed by atoms with E-state index in [2.05, 4.69) is 63.6 Å². The molecule has 1 atom stereocenters. The summed E-state index contributed by atoms with van der Waals surface area (Å²) in [5, 5.41) is 3.50. The Morgan fingerprint density at radius 1 is 1.40 bits per heavy atom. The number of guanidine groups is 1. The van der Waals surface area contributed by atoms with Gasteiger partial charge in [-0.15, -0.1) is 24.0 Å². The Morgan fingerprint density at radius 3 is 2.72 bits per heavy atom. The minimum absolute atomic E-state index is 0. The van der Waals surface area contributed by atoms with Crippen molar-refractivity contribution in [3.8, 4) is 0 Å². The van der Waals surface area contributed by atoms with Gasteiger partial charge in [0.15, 0.2) is 5.96 Å². The van der Waals surface area contributed by atoms with Gasteiger partial charge in [-0.25, -0.2) is 4.98 Å². The Morgan fingerprint density at radius 2 is 2.12 bits per heavy atom. The van der Waals surface area contributed by atoms with Crippen LogP contribution in [0.4, 0.5) is 0 Å². The first-order valence-electron chi connectivity index (χ1n) is 9.28. The zero-order valence-electron chi connectivity index (χ0n) is 16.4. The largest absolute Gasteiger partial charge is 0.349 e.